The molecule has 0 aliphatic heterocycles. The fourth-order valence-corrected chi connectivity index (χ4v) is 2.07. The molecule has 0 heterocycles. The quantitative estimate of drug-likeness (QED) is 0.904. The summed E-state index contributed by atoms with van der Waals surface area (Å²) in [6.45, 7) is 0.299. The van der Waals surface area contributed by atoms with Gasteiger partial charge in [-0.1, -0.05) is 35.3 Å². The number of nitrogens with two attached hydrogens (primary N) is 1. The van der Waals surface area contributed by atoms with E-state index in [0.29, 0.717) is 22.4 Å². The summed E-state index contributed by atoms with van der Waals surface area (Å²) < 4.78 is 10.8. The molecule has 2 aromatic carbocycles. The highest BCUT2D eigenvalue weighted by atomic mass is 35.5. The Morgan fingerprint density at radius 2 is 1.95 bits per heavy atom. The van der Waals surface area contributed by atoms with Crippen molar-refractivity contribution in [3.63, 3.8) is 0 Å². The highest BCUT2D eigenvalue weighted by Gasteiger charge is 2.10. The Bertz CT molecular complexity index is 590. The Balaban J connectivity index is 2.04. The van der Waals surface area contributed by atoms with Crippen molar-refractivity contribution in [2.24, 2.45) is 5.73 Å². The third-order valence-electron chi connectivity index (χ3n) is 2.83. The van der Waals surface area contributed by atoms with Gasteiger partial charge in [0.25, 0.3) is 0 Å². The summed E-state index contributed by atoms with van der Waals surface area (Å²) in [6, 6.07) is 12.4. The number of rotatable bonds is 5. The molecule has 0 spiro atoms. The summed E-state index contributed by atoms with van der Waals surface area (Å²) in [5, 5.41) is 1.08. The first-order valence-corrected chi connectivity index (χ1v) is 6.83. The van der Waals surface area contributed by atoms with Gasteiger partial charge < -0.3 is 15.2 Å². The van der Waals surface area contributed by atoms with Crippen molar-refractivity contribution < 1.29 is 9.47 Å². The molecular formula is C15H15Cl2NO2. The number of hydrogen-bond donors (Lipinski definition) is 1. The lowest BCUT2D eigenvalue weighted by molar-refractivity contribution is 0.290. The fourth-order valence-electron chi connectivity index (χ4n) is 1.74. The lowest BCUT2D eigenvalue weighted by atomic mass is 10.1. The molecule has 2 N–H and O–H groups in total. The van der Waals surface area contributed by atoms with Crippen molar-refractivity contribution in [3.05, 3.63) is 58.1 Å². The highest BCUT2D eigenvalue weighted by molar-refractivity contribution is 6.34. The van der Waals surface area contributed by atoms with Crippen LogP contribution in [0.25, 0.3) is 0 Å². The van der Waals surface area contributed by atoms with Gasteiger partial charge in [0.2, 0.25) is 0 Å². The minimum Gasteiger partial charge on any atom is -0.497 e. The van der Waals surface area contributed by atoms with E-state index in [-0.39, 0.29) is 6.04 Å². The van der Waals surface area contributed by atoms with Gasteiger partial charge in [0, 0.05) is 11.1 Å². The van der Waals surface area contributed by atoms with Crippen molar-refractivity contribution in [1.82, 2.24) is 0 Å². The lowest BCUT2D eigenvalue weighted by Crippen LogP contribution is -2.19. The smallest absolute Gasteiger partial charge is 0.139 e. The number of benzene rings is 2. The maximum Gasteiger partial charge on any atom is 0.139 e. The molecule has 0 aliphatic rings. The average Bonchev–Trinajstić information content (AvgIpc) is 2.48. The molecule has 0 bridgehead atoms. The van der Waals surface area contributed by atoms with Crippen molar-refractivity contribution >= 4 is 23.2 Å². The third kappa shape index (κ3) is 3.79. The standard InChI is InChI=1S/C15H15Cl2NO2/c1-19-12-4-2-3-10(7-12)14(18)9-20-15-8-11(16)5-6-13(15)17/h2-8,14H,9,18H2,1H3. The predicted molar refractivity (Wildman–Crippen MR) is 81.9 cm³/mol. The molecule has 0 aromatic heterocycles. The second kappa shape index (κ2) is 6.84. The number of hydrogen-bond acceptors (Lipinski definition) is 3. The molecule has 2 aromatic rings. The molecule has 0 aliphatic carbocycles. The molecule has 5 heteroatoms. The van der Waals surface area contributed by atoms with E-state index in [2.05, 4.69) is 0 Å². The summed E-state index contributed by atoms with van der Waals surface area (Å²) in [5.74, 6) is 1.29. The molecule has 20 heavy (non-hydrogen) atoms. The lowest BCUT2D eigenvalue weighted by Gasteiger charge is -2.15. The van der Waals surface area contributed by atoms with E-state index < -0.39 is 0 Å². The summed E-state index contributed by atoms with van der Waals surface area (Å²) in [4.78, 5) is 0. The number of ether oxygens (including phenoxy) is 2. The van der Waals surface area contributed by atoms with E-state index in [1.165, 1.54) is 0 Å². The van der Waals surface area contributed by atoms with E-state index in [9.17, 15) is 0 Å². The molecule has 106 valence electrons. The van der Waals surface area contributed by atoms with E-state index in [1.54, 1.807) is 25.3 Å². The van der Waals surface area contributed by atoms with Gasteiger partial charge in [-0.3, -0.25) is 0 Å². The molecule has 2 rings (SSSR count). The van der Waals surface area contributed by atoms with Gasteiger partial charge in [-0.2, -0.15) is 0 Å². The van der Waals surface area contributed by atoms with E-state index in [1.807, 2.05) is 24.3 Å². The van der Waals surface area contributed by atoms with E-state index >= 15 is 0 Å². The molecule has 0 radical (unpaired) electrons. The van der Waals surface area contributed by atoms with Crippen LogP contribution < -0.4 is 15.2 Å². The van der Waals surface area contributed by atoms with Gasteiger partial charge >= 0.3 is 0 Å². The first-order chi connectivity index (χ1) is 9.60. The van der Waals surface area contributed by atoms with Crippen molar-refractivity contribution in [2.45, 2.75) is 6.04 Å². The Hall–Kier alpha value is -1.42. The van der Waals surface area contributed by atoms with E-state index in [4.69, 9.17) is 38.4 Å². The molecular weight excluding hydrogens is 297 g/mol. The maximum atomic E-state index is 6.10. The first kappa shape index (κ1) is 15.0. The molecule has 1 atom stereocenters. The predicted octanol–water partition coefficient (Wildman–Crippen LogP) is 4.08. The van der Waals surface area contributed by atoms with Gasteiger partial charge in [-0.05, 0) is 29.8 Å². The Morgan fingerprint density at radius 1 is 1.15 bits per heavy atom. The minimum absolute atomic E-state index is 0.278. The van der Waals surface area contributed by atoms with Crippen LogP contribution in [0.3, 0.4) is 0 Å². The summed E-state index contributed by atoms with van der Waals surface area (Å²) >= 11 is 11.9. The zero-order valence-electron chi connectivity index (χ0n) is 11.0. The van der Waals surface area contributed by atoms with Crippen LogP contribution in [0.5, 0.6) is 11.5 Å². The molecule has 0 saturated carbocycles. The van der Waals surface area contributed by atoms with Crippen molar-refractivity contribution in [1.29, 1.82) is 0 Å². The second-order valence-electron chi connectivity index (χ2n) is 4.27. The summed E-state index contributed by atoms with van der Waals surface area (Å²) in [5.41, 5.74) is 7.03. The molecule has 0 amide bonds. The topological polar surface area (TPSA) is 44.5 Å². The third-order valence-corrected chi connectivity index (χ3v) is 3.38. The molecule has 3 nitrogen and oxygen atoms in total. The maximum absolute atomic E-state index is 6.10. The number of methoxy groups -OCH3 is 1. The van der Waals surface area contributed by atoms with E-state index in [0.717, 1.165) is 11.3 Å². The van der Waals surface area contributed by atoms with Crippen LogP contribution in [0.4, 0.5) is 0 Å². The summed E-state index contributed by atoms with van der Waals surface area (Å²) in [6.07, 6.45) is 0. The SMILES string of the molecule is COc1cccc(C(N)COc2cc(Cl)ccc2Cl)c1. The molecule has 1 unspecified atom stereocenters. The van der Waals surface area contributed by atoms with Crippen molar-refractivity contribution in [3.8, 4) is 11.5 Å². The Labute approximate surface area is 128 Å². The van der Waals surface area contributed by atoms with Crippen LogP contribution in [0.15, 0.2) is 42.5 Å². The van der Waals surface area contributed by atoms with Gasteiger partial charge in [-0.25, -0.2) is 0 Å². The Morgan fingerprint density at radius 3 is 2.70 bits per heavy atom. The van der Waals surface area contributed by atoms with Crippen LogP contribution >= 0.6 is 23.2 Å². The second-order valence-corrected chi connectivity index (χ2v) is 5.11. The normalized spacial score (nSPS) is 12.0. The Kier molecular flexibility index (Phi) is 5.12. The summed E-state index contributed by atoms with van der Waals surface area (Å²) in [7, 11) is 1.62. The molecule has 0 fully saturated rings. The average molecular weight is 312 g/mol. The van der Waals surface area contributed by atoms with Crippen molar-refractivity contribution in [2.75, 3.05) is 13.7 Å². The number of halogens is 2. The zero-order valence-corrected chi connectivity index (χ0v) is 12.5. The van der Waals surface area contributed by atoms with Gasteiger partial charge in [0.1, 0.15) is 18.1 Å². The largest absolute Gasteiger partial charge is 0.497 e. The van der Waals surface area contributed by atoms with Gasteiger partial charge in [0.05, 0.1) is 18.2 Å². The zero-order chi connectivity index (χ0) is 14.5. The first-order valence-electron chi connectivity index (χ1n) is 6.07. The van der Waals surface area contributed by atoms with Crippen LogP contribution in [-0.2, 0) is 0 Å². The minimum atomic E-state index is -0.278. The van der Waals surface area contributed by atoms with Gasteiger partial charge in [-0.15, -0.1) is 0 Å². The molecule has 0 saturated heterocycles. The van der Waals surface area contributed by atoms with Crippen LogP contribution in [0, 0.1) is 0 Å². The highest BCUT2D eigenvalue weighted by Crippen LogP contribution is 2.28. The van der Waals surface area contributed by atoms with Crippen LogP contribution in [0.2, 0.25) is 10.0 Å². The van der Waals surface area contributed by atoms with Crippen LogP contribution in [0.1, 0.15) is 11.6 Å². The monoisotopic (exact) mass is 311 g/mol. The van der Waals surface area contributed by atoms with Gasteiger partial charge in [0.15, 0.2) is 0 Å². The fraction of sp³-hybridized carbons (Fsp3) is 0.200. The van der Waals surface area contributed by atoms with Crippen LogP contribution in [-0.4, -0.2) is 13.7 Å².